The minimum atomic E-state index is 0.729. The van der Waals surface area contributed by atoms with E-state index in [1.54, 1.807) is 14.2 Å². The molecule has 0 aliphatic rings. The second-order valence-electron chi connectivity index (χ2n) is 7.00. The highest BCUT2D eigenvalue weighted by atomic mass is 16.5. The zero-order valence-electron chi connectivity index (χ0n) is 17.4. The molecular formula is C25H34O3. The van der Waals surface area contributed by atoms with E-state index >= 15 is 0 Å². The second kappa shape index (κ2) is 13.8. The van der Waals surface area contributed by atoms with E-state index < -0.39 is 0 Å². The van der Waals surface area contributed by atoms with Gasteiger partial charge in [-0.1, -0.05) is 68.2 Å². The molecule has 0 fully saturated rings. The van der Waals surface area contributed by atoms with Gasteiger partial charge in [0.25, 0.3) is 0 Å². The molecule has 0 aliphatic carbocycles. The van der Waals surface area contributed by atoms with E-state index in [-0.39, 0.29) is 0 Å². The van der Waals surface area contributed by atoms with Gasteiger partial charge in [-0.15, -0.1) is 0 Å². The zero-order valence-corrected chi connectivity index (χ0v) is 17.4. The number of rotatable bonds is 14. The van der Waals surface area contributed by atoms with Gasteiger partial charge in [0.2, 0.25) is 0 Å². The van der Waals surface area contributed by atoms with Crippen molar-refractivity contribution < 1.29 is 14.2 Å². The minimum Gasteiger partial charge on any atom is -0.497 e. The lowest BCUT2D eigenvalue weighted by Gasteiger charge is -2.06. The van der Waals surface area contributed by atoms with Crippen LogP contribution in [0.25, 0.3) is 6.08 Å². The zero-order chi connectivity index (χ0) is 19.9. The molecule has 2 rings (SSSR count). The van der Waals surface area contributed by atoms with Crippen molar-refractivity contribution in [3.8, 4) is 11.5 Å². The van der Waals surface area contributed by atoms with Gasteiger partial charge in [0.1, 0.15) is 11.5 Å². The number of unbranched alkanes of at least 4 members (excludes halogenated alkanes) is 6. The van der Waals surface area contributed by atoms with E-state index in [9.17, 15) is 0 Å². The molecule has 2 aromatic rings. The van der Waals surface area contributed by atoms with Crippen molar-refractivity contribution in [1.82, 2.24) is 0 Å². The standard InChI is InChI=1S/C25H34O3/c1-26-24-18-23(19-25(20-24)27-2)16-10-7-5-3-4-6-8-13-17-28-21-22-14-11-9-12-15-22/h9-12,14-16,18-20H,3-8,13,17,21H2,1-2H3. The van der Waals surface area contributed by atoms with Gasteiger partial charge in [0.15, 0.2) is 0 Å². The Morgan fingerprint density at radius 2 is 1.39 bits per heavy atom. The fourth-order valence-electron chi connectivity index (χ4n) is 3.08. The molecule has 0 atom stereocenters. The summed E-state index contributed by atoms with van der Waals surface area (Å²) in [5.74, 6) is 1.65. The van der Waals surface area contributed by atoms with Crippen LogP contribution in [0.5, 0.6) is 11.5 Å². The molecule has 3 heteroatoms. The molecule has 0 bridgehead atoms. The quantitative estimate of drug-likeness (QED) is 0.342. The SMILES string of the molecule is COc1cc(C=CCCCCCCCCOCc2ccccc2)cc(OC)c1. The topological polar surface area (TPSA) is 27.7 Å². The molecule has 0 amide bonds. The smallest absolute Gasteiger partial charge is 0.123 e. The van der Waals surface area contributed by atoms with Gasteiger partial charge in [-0.05, 0) is 42.5 Å². The molecule has 0 heterocycles. The fourth-order valence-corrected chi connectivity index (χ4v) is 3.08. The van der Waals surface area contributed by atoms with Crippen LogP contribution in [0, 0.1) is 0 Å². The van der Waals surface area contributed by atoms with Crippen molar-refractivity contribution in [2.45, 2.75) is 51.6 Å². The van der Waals surface area contributed by atoms with Crippen LogP contribution in [0.4, 0.5) is 0 Å². The molecule has 3 nitrogen and oxygen atoms in total. The van der Waals surface area contributed by atoms with Crippen molar-refractivity contribution in [1.29, 1.82) is 0 Å². The Morgan fingerprint density at radius 1 is 0.750 bits per heavy atom. The average molecular weight is 383 g/mol. The Balaban J connectivity index is 1.47. The Hall–Kier alpha value is -2.26. The number of ether oxygens (including phenoxy) is 3. The van der Waals surface area contributed by atoms with E-state index in [2.05, 4.69) is 36.4 Å². The Bertz CT molecular complexity index is 657. The van der Waals surface area contributed by atoms with Gasteiger partial charge >= 0.3 is 0 Å². The van der Waals surface area contributed by atoms with Crippen molar-refractivity contribution >= 4 is 6.08 Å². The van der Waals surface area contributed by atoms with E-state index in [0.29, 0.717) is 0 Å². The molecule has 2 aromatic carbocycles. The lowest BCUT2D eigenvalue weighted by Crippen LogP contribution is -1.95. The average Bonchev–Trinajstić information content (AvgIpc) is 2.74. The normalized spacial score (nSPS) is 11.1. The van der Waals surface area contributed by atoms with Crippen molar-refractivity contribution in [3.63, 3.8) is 0 Å². The summed E-state index contributed by atoms with van der Waals surface area (Å²) in [6.45, 7) is 1.59. The largest absolute Gasteiger partial charge is 0.497 e. The Kier molecular flexibility index (Phi) is 10.9. The van der Waals surface area contributed by atoms with E-state index in [1.165, 1.54) is 37.7 Å². The molecule has 0 unspecified atom stereocenters. The van der Waals surface area contributed by atoms with Gasteiger partial charge < -0.3 is 14.2 Å². The predicted molar refractivity (Wildman–Crippen MR) is 117 cm³/mol. The first-order valence-electron chi connectivity index (χ1n) is 10.3. The van der Waals surface area contributed by atoms with Crippen molar-refractivity contribution in [2.24, 2.45) is 0 Å². The highest BCUT2D eigenvalue weighted by Gasteiger charge is 1.99. The van der Waals surface area contributed by atoms with Gasteiger partial charge in [-0.25, -0.2) is 0 Å². The molecule has 152 valence electrons. The second-order valence-corrected chi connectivity index (χ2v) is 7.00. The molecule has 0 saturated heterocycles. The summed E-state index contributed by atoms with van der Waals surface area (Å²) in [6, 6.07) is 16.3. The number of hydrogen-bond donors (Lipinski definition) is 0. The lowest BCUT2D eigenvalue weighted by molar-refractivity contribution is 0.116. The predicted octanol–water partition coefficient (Wildman–Crippen LogP) is 6.66. The summed E-state index contributed by atoms with van der Waals surface area (Å²) < 4.78 is 16.3. The van der Waals surface area contributed by atoms with Gasteiger partial charge in [0, 0.05) is 12.7 Å². The van der Waals surface area contributed by atoms with Crippen LogP contribution in [0.3, 0.4) is 0 Å². The number of benzene rings is 2. The van der Waals surface area contributed by atoms with Gasteiger partial charge in [-0.3, -0.25) is 0 Å². The molecule has 28 heavy (non-hydrogen) atoms. The van der Waals surface area contributed by atoms with Crippen LogP contribution in [0.2, 0.25) is 0 Å². The Labute approximate surface area is 170 Å². The van der Waals surface area contributed by atoms with Gasteiger partial charge in [0.05, 0.1) is 20.8 Å². The number of allylic oxidation sites excluding steroid dienone is 1. The summed E-state index contributed by atoms with van der Waals surface area (Å²) in [5, 5.41) is 0. The van der Waals surface area contributed by atoms with Crippen LogP contribution >= 0.6 is 0 Å². The van der Waals surface area contributed by atoms with Crippen LogP contribution in [0.1, 0.15) is 56.1 Å². The summed E-state index contributed by atoms with van der Waals surface area (Å²) >= 11 is 0. The third kappa shape index (κ3) is 9.09. The van der Waals surface area contributed by atoms with Crippen LogP contribution < -0.4 is 9.47 Å². The summed E-state index contributed by atoms with van der Waals surface area (Å²) in [5.41, 5.74) is 2.37. The fraction of sp³-hybridized carbons (Fsp3) is 0.440. The van der Waals surface area contributed by atoms with Gasteiger partial charge in [-0.2, -0.15) is 0 Å². The molecular weight excluding hydrogens is 348 g/mol. The van der Waals surface area contributed by atoms with Crippen LogP contribution in [-0.2, 0) is 11.3 Å². The molecule has 0 aliphatic heterocycles. The first-order valence-corrected chi connectivity index (χ1v) is 10.3. The number of methoxy groups -OCH3 is 2. The van der Waals surface area contributed by atoms with E-state index in [1.807, 2.05) is 24.3 Å². The third-order valence-corrected chi connectivity index (χ3v) is 4.71. The van der Waals surface area contributed by atoms with Crippen molar-refractivity contribution in [2.75, 3.05) is 20.8 Å². The molecule has 0 spiro atoms. The lowest BCUT2D eigenvalue weighted by atomic mass is 10.1. The molecule has 0 saturated carbocycles. The molecule has 0 N–H and O–H groups in total. The molecule has 0 radical (unpaired) electrons. The summed E-state index contributed by atoms with van der Waals surface area (Å²) in [7, 11) is 3.36. The van der Waals surface area contributed by atoms with Crippen LogP contribution in [0.15, 0.2) is 54.6 Å². The van der Waals surface area contributed by atoms with E-state index in [4.69, 9.17) is 14.2 Å². The Morgan fingerprint density at radius 3 is 2.07 bits per heavy atom. The first-order chi connectivity index (χ1) is 13.8. The maximum atomic E-state index is 5.73. The summed E-state index contributed by atoms with van der Waals surface area (Å²) in [6.07, 6.45) is 13.0. The molecule has 0 aromatic heterocycles. The first kappa shape index (κ1) is 22.0. The minimum absolute atomic E-state index is 0.729. The maximum Gasteiger partial charge on any atom is 0.123 e. The third-order valence-electron chi connectivity index (χ3n) is 4.71. The maximum absolute atomic E-state index is 5.73. The summed E-state index contributed by atoms with van der Waals surface area (Å²) in [4.78, 5) is 0. The highest BCUT2D eigenvalue weighted by Crippen LogP contribution is 2.23. The van der Waals surface area contributed by atoms with Crippen LogP contribution in [-0.4, -0.2) is 20.8 Å². The highest BCUT2D eigenvalue weighted by molar-refractivity contribution is 5.55. The number of hydrogen-bond acceptors (Lipinski definition) is 3. The van der Waals surface area contributed by atoms with E-state index in [0.717, 1.165) is 43.1 Å². The van der Waals surface area contributed by atoms with Crippen molar-refractivity contribution in [3.05, 3.63) is 65.7 Å². The monoisotopic (exact) mass is 382 g/mol.